The summed E-state index contributed by atoms with van der Waals surface area (Å²) >= 11 is 0. The zero-order chi connectivity index (χ0) is 16.6. The second kappa shape index (κ2) is 4.52. The fourth-order valence-electron chi connectivity index (χ4n) is 5.87. The van der Waals surface area contributed by atoms with E-state index in [1.807, 2.05) is 11.0 Å². The molecule has 1 spiro atoms. The van der Waals surface area contributed by atoms with Crippen molar-refractivity contribution in [1.82, 2.24) is 4.90 Å². The maximum absolute atomic E-state index is 12.7. The third kappa shape index (κ3) is 1.47. The van der Waals surface area contributed by atoms with Gasteiger partial charge in [0.15, 0.2) is 23.4 Å². The first-order valence-electron chi connectivity index (χ1n) is 8.75. The predicted octanol–water partition coefficient (Wildman–Crippen LogP) is 1.85. The number of amides is 1. The summed E-state index contributed by atoms with van der Waals surface area (Å²) in [5.41, 5.74) is 2.16. The van der Waals surface area contributed by atoms with Crippen LogP contribution in [-0.2, 0) is 21.4 Å². The van der Waals surface area contributed by atoms with Crippen molar-refractivity contribution in [3.63, 3.8) is 0 Å². The lowest BCUT2D eigenvalue weighted by Gasteiger charge is -2.57. The van der Waals surface area contributed by atoms with E-state index in [1.165, 1.54) is 11.1 Å². The highest BCUT2D eigenvalue weighted by Gasteiger charge is 2.66. The molecule has 1 saturated heterocycles. The van der Waals surface area contributed by atoms with Gasteiger partial charge in [-0.15, -0.1) is 0 Å². The minimum Gasteiger partial charge on any atom is -0.493 e. The third-order valence-corrected chi connectivity index (χ3v) is 6.72. The van der Waals surface area contributed by atoms with Crippen molar-refractivity contribution in [3.8, 4) is 11.5 Å². The lowest BCUT2D eigenvalue weighted by Crippen LogP contribution is -2.66. The zero-order valence-electron chi connectivity index (χ0n) is 14.0. The van der Waals surface area contributed by atoms with Gasteiger partial charge in [-0.3, -0.25) is 9.59 Å². The third-order valence-electron chi connectivity index (χ3n) is 6.72. The number of ether oxygens (including phenoxy) is 2. The molecule has 0 aromatic heterocycles. The number of carbonyl (C=O) groups is 2. The van der Waals surface area contributed by atoms with E-state index in [0.29, 0.717) is 18.9 Å². The van der Waals surface area contributed by atoms with Gasteiger partial charge in [0.05, 0.1) is 12.5 Å². The van der Waals surface area contributed by atoms with Gasteiger partial charge in [-0.25, -0.2) is 0 Å². The molecule has 4 atom stereocenters. The van der Waals surface area contributed by atoms with E-state index < -0.39 is 6.10 Å². The van der Waals surface area contributed by atoms with Crippen LogP contribution in [0.15, 0.2) is 12.1 Å². The minimum absolute atomic E-state index is 0.138. The average molecular weight is 327 g/mol. The number of Topliss-reactive ketones (excluding diaryl/α,β-unsaturated/α-hetero) is 1. The highest BCUT2D eigenvalue weighted by Crippen LogP contribution is 2.63. The molecule has 5 rings (SSSR count). The number of piperidine rings is 1. The van der Waals surface area contributed by atoms with E-state index in [4.69, 9.17) is 9.47 Å². The van der Waals surface area contributed by atoms with Gasteiger partial charge >= 0.3 is 0 Å². The second-order valence-electron chi connectivity index (χ2n) is 7.51. The van der Waals surface area contributed by atoms with Gasteiger partial charge in [-0.1, -0.05) is 6.07 Å². The number of likely N-dealkylation sites (tertiary alicyclic amines) is 1. The molecule has 2 aliphatic carbocycles. The summed E-state index contributed by atoms with van der Waals surface area (Å²) in [6, 6.07) is 4.21. The molecule has 2 heterocycles. The molecule has 1 amide bonds. The number of ketones is 1. The van der Waals surface area contributed by atoms with Gasteiger partial charge in [0, 0.05) is 31.5 Å². The first-order chi connectivity index (χ1) is 11.6. The maximum Gasteiger partial charge on any atom is 0.219 e. The number of rotatable bonds is 1. The number of hydrogen-bond donors (Lipinski definition) is 0. The van der Waals surface area contributed by atoms with E-state index in [1.54, 1.807) is 14.0 Å². The number of benzene rings is 1. The molecule has 1 aromatic rings. The molecule has 2 bridgehead atoms. The summed E-state index contributed by atoms with van der Waals surface area (Å²) in [5, 5.41) is 0. The molecular formula is C19H21NO4. The van der Waals surface area contributed by atoms with Crippen LogP contribution in [0.2, 0.25) is 0 Å². The molecule has 1 saturated carbocycles. The summed E-state index contributed by atoms with van der Waals surface area (Å²) in [5.74, 6) is 2.14. The maximum atomic E-state index is 12.7. The normalized spacial score (nSPS) is 35.3. The number of nitrogens with zero attached hydrogens (tertiary/aromatic N) is 1. The van der Waals surface area contributed by atoms with Gasteiger partial charge in [-0.05, 0) is 36.8 Å². The van der Waals surface area contributed by atoms with Crippen LogP contribution in [0.5, 0.6) is 11.5 Å². The Morgan fingerprint density at radius 2 is 2.25 bits per heavy atom. The Kier molecular flexibility index (Phi) is 2.70. The quantitative estimate of drug-likeness (QED) is 0.790. The lowest BCUT2D eigenvalue weighted by molar-refractivity contribution is -0.146. The van der Waals surface area contributed by atoms with Gasteiger partial charge in [0.2, 0.25) is 5.91 Å². The standard InChI is InChI=1S/C19H21NO4/c1-10(21)20-8-7-19-12-4-5-14(22)18(19)24-17-15(23-2)6-3-11(16(17)19)9-13(12)20/h3,6,12-13,18H,4-5,7-9H2,1-2H3/t12-,13?,18-,19-/m1/s1. The van der Waals surface area contributed by atoms with Crippen molar-refractivity contribution in [2.24, 2.45) is 5.92 Å². The summed E-state index contributed by atoms with van der Waals surface area (Å²) in [6.07, 6.45) is 2.65. The molecule has 126 valence electrons. The zero-order valence-corrected chi connectivity index (χ0v) is 14.0. The lowest BCUT2D eigenvalue weighted by atomic mass is 9.51. The highest BCUT2D eigenvalue weighted by atomic mass is 16.5. The van der Waals surface area contributed by atoms with Crippen LogP contribution in [0.25, 0.3) is 0 Å². The number of methoxy groups -OCH3 is 1. The molecule has 1 unspecified atom stereocenters. The average Bonchev–Trinajstić information content (AvgIpc) is 2.90. The summed E-state index contributed by atoms with van der Waals surface area (Å²) < 4.78 is 11.7. The van der Waals surface area contributed by atoms with E-state index in [0.717, 1.165) is 30.8 Å². The molecular weight excluding hydrogens is 306 g/mol. The van der Waals surface area contributed by atoms with Crippen LogP contribution in [0.3, 0.4) is 0 Å². The van der Waals surface area contributed by atoms with Gasteiger partial charge in [0.1, 0.15) is 0 Å². The van der Waals surface area contributed by atoms with Crippen LogP contribution in [0.4, 0.5) is 0 Å². The van der Waals surface area contributed by atoms with E-state index in [9.17, 15) is 9.59 Å². The monoisotopic (exact) mass is 327 g/mol. The molecule has 5 nitrogen and oxygen atoms in total. The Bertz CT molecular complexity index is 773. The fraction of sp³-hybridized carbons (Fsp3) is 0.579. The first kappa shape index (κ1) is 14.3. The van der Waals surface area contributed by atoms with Crippen molar-refractivity contribution in [3.05, 3.63) is 23.3 Å². The summed E-state index contributed by atoms with van der Waals surface area (Å²) in [7, 11) is 1.64. The Hall–Kier alpha value is -2.04. The highest BCUT2D eigenvalue weighted by molar-refractivity contribution is 5.89. The van der Waals surface area contributed by atoms with E-state index in [2.05, 4.69) is 6.07 Å². The Morgan fingerprint density at radius 3 is 3.00 bits per heavy atom. The molecule has 24 heavy (non-hydrogen) atoms. The van der Waals surface area contributed by atoms with Crippen molar-refractivity contribution >= 4 is 11.7 Å². The Labute approximate surface area is 140 Å². The summed E-state index contributed by atoms with van der Waals surface area (Å²) in [4.78, 5) is 26.9. The predicted molar refractivity (Wildman–Crippen MR) is 86.3 cm³/mol. The molecule has 0 radical (unpaired) electrons. The number of carbonyl (C=O) groups excluding carboxylic acids is 2. The van der Waals surface area contributed by atoms with Crippen molar-refractivity contribution < 1.29 is 19.1 Å². The van der Waals surface area contributed by atoms with Gasteiger partial charge in [-0.2, -0.15) is 0 Å². The first-order valence-corrected chi connectivity index (χ1v) is 8.75. The summed E-state index contributed by atoms with van der Waals surface area (Å²) in [6.45, 7) is 2.36. The van der Waals surface area contributed by atoms with Crippen LogP contribution in [-0.4, -0.2) is 42.4 Å². The number of hydrogen-bond acceptors (Lipinski definition) is 4. The topological polar surface area (TPSA) is 55.8 Å². The molecule has 1 aromatic carbocycles. The van der Waals surface area contributed by atoms with Gasteiger partial charge < -0.3 is 14.4 Å². The van der Waals surface area contributed by atoms with Crippen molar-refractivity contribution in [1.29, 1.82) is 0 Å². The largest absolute Gasteiger partial charge is 0.493 e. The molecule has 2 aliphatic heterocycles. The van der Waals surface area contributed by atoms with Crippen LogP contribution >= 0.6 is 0 Å². The van der Waals surface area contributed by atoms with Crippen LogP contribution < -0.4 is 9.47 Å². The SMILES string of the molecule is COc1ccc2c3c1O[C@@H]1C(=O)CC[C@@H]4C(C2)N(C(C)=O)CC[C@@]314. The fourth-order valence-corrected chi connectivity index (χ4v) is 5.87. The minimum atomic E-state index is -0.404. The molecule has 5 heteroatoms. The molecule has 2 fully saturated rings. The Morgan fingerprint density at radius 1 is 1.42 bits per heavy atom. The molecule has 4 aliphatic rings. The van der Waals surface area contributed by atoms with Crippen molar-refractivity contribution in [2.45, 2.75) is 50.2 Å². The van der Waals surface area contributed by atoms with Crippen LogP contribution in [0.1, 0.15) is 37.3 Å². The smallest absolute Gasteiger partial charge is 0.219 e. The Balaban J connectivity index is 1.77. The van der Waals surface area contributed by atoms with Crippen molar-refractivity contribution in [2.75, 3.05) is 13.7 Å². The molecule has 0 N–H and O–H groups in total. The second-order valence-corrected chi connectivity index (χ2v) is 7.51. The van der Waals surface area contributed by atoms with E-state index in [-0.39, 0.29) is 23.1 Å². The van der Waals surface area contributed by atoms with Gasteiger partial charge in [0.25, 0.3) is 0 Å². The van der Waals surface area contributed by atoms with E-state index >= 15 is 0 Å². The van der Waals surface area contributed by atoms with Crippen LogP contribution in [0, 0.1) is 5.92 Å².